The van der Waals surface area contributed by atoms with Crippen LogP contribution >= 0.6 is 0 Å². The van der Waals surface area contributed by atoms with Crippen LogP contribution in [0, 0.1) is 0 Å². The fourth-order valence-corrected chi connectivity index (χ4v) is 6.02. The maximum Gasteiger partial charge on any atom is 3.00 e. The number of benzene rings is 2. The molecule has 8 bridgehead atoms. The van der Waals surface area contributed by atoms with Crippen molar-refractivity contribution >= 4 is 70.9 Å². The largest absolute Gasteiger partial charge is 3.00 e. The van der Waals surface area contributed by atoms with Gasteiger partial charge in [0.15, 0.2) is 12.6 Å². The van der Waals surface area contributed by atoms with Crippen molar-refractivity contribution in [2.45, 2.75) is 12.8 Å². The van der Waals surface area contributed by atoms with Crippen LogP contribution in [0.2, 0.25) is 0 Å². The van der Waals surface area contributed by atoms with E-state index in [1.165, 1.54) is 14.2 Å². The van der Waals surface area contributed by atoms with Crippen LogP contribution in [0.4, 0.5) is 0 Å². The molecule has 2 aliphatic rings. The zero-order valence-electron chi connectivity index (χ0n) is 27.4. The molecule has 5 heterocycles. The van der Waals surface area contributed by atoms with E-state index in [-0.39, 0.29) is 41.8 Å². The third-order valence-corrected chi connectivity index (χ3v) is 8.56. The summed E-state index contributed by atoms with van der Waals surface area (Å²) < 4.78 is 9.62. The molecule has 0 aliphatic carbocycles. The Bertz CT molecular complexity index is 2250. The monoisotopic (exact) mass is 715 g/mol. The Labute approximate surface area is 302 Å². The number of hydrogen-bond acceptors (Lipinski definition) is 8. The number of rotatable bonds is 8. The van der Waals surface area contributed by atoms with Gasteiger partial charge in [-0.25, -0.2) is 9.97 Å². The van der Waals surface area contributed by atoms with Crippen molar-refractivity contribution in [2.75, 3.05) is 14.2 Å². The molecule has 2 aromatic carbocycles. The van der Waals surface area contributed by atoms with Gasteiger partial charge in [0.25, 0.3) is 0 Å². The smallest absolute Gasteiger partial charge is 0.657 e. The topological polar surface area (TPSA) is 141 Å². The van der Waals surface area contributed by atoms with Crippen LogP contribution in [-0.2, 0) is 49.0 Å². The van der Waals surface area contributed by atoms with Crippen molar-refractivity contribution < 1.29 is 45.7 Å². The van der Waals surface area contributed by atoms with Gasteiger partial charge in [-0.3, -0.25) is 19.2 Å². The molecule has 0 fully saturated rings. The second-order valence-corrected chi connectivity index (χ2v) is 11.6. The van der Waals surface area contributed by atoms with E-state index < -0.39 is 0 Å². The van der Waals surface area contributed by atoms with Gasteiger partial charge in [-0.2, -0.15) is 0 Å². The van der Waals surface area contributed by atoms with Crippen LogP contribution < -0.4 is 9.97 Å². The molecule has 0 atom stereocenters. The van der Waals surface area contributed by atoms with Gasteiger partial charge in [-0.05, 0) is 57.7 Å². The van der Waals surface area contributed by atoms with Gasteiger partial charge in [0.2, 0.25) is 0 Å². The third kappa shape index (κ3) is 6.85. The number of nitrogens with zero attached hydrogens (tertiary/aromatic N) is 4. The van der Waals surface area contributed by atoms with Crippen molar-refractivity contribution in [3.05, 3.63) is 118 Å². The van der Waals surface area contributed by atoms with Crippen molar-refractivity contribution in [2.24, 2.45) is 0 Å². The standard InChI is InChI=1S/C40H29N4O6.Mn/c1-49-37(47)19-23-3-7-25(8-4-23)39-33-15-11-29(41-33)27(21-45)31-13-17-35(43-31)40(26-9-5-24(6-10-26)20-38(48)50-2)36-18-14-32(44-36)28(22-46)30-12-16-34(39)42-30;/h3-18,21-22H,19-20H2,1-2H3,(H-,41,42,43,44,45,46);/q-1;+3/p-1. The molecule has 7 rings (SSSR count). The zero-order chi connectivity index (χ0) is 34.8. The molecule has 0 N–H and O–H groups in total. The van der Waals surface area contributed by atoms with Gasteiger partial charge in [-0.15, -0.1) is 22.1 Å². The summed E-state index contributed by atoms with van der Waals surface area (Å²) in [4.78, 5) is 68.5. The number of carbonyl (C=O) groups excluding carboxylic acids is 4. The van der Waals surface area contributed by atoms with E-state index in [9.17, 15) is 19.2 Å². The van der Waals surface area contributed by atoms with E-state index >= 15 is 0 Å². The van der Waals surface area contributed by atoms with Gasteiger partial charge >= 0.3 is 29.0 Å². The zero-order valence-corrected chi connectivity index (χ0v) is 28.6. The quantitative estimate of drug-likeness (QED) is 0.100. The van der Waals surface area contributed by atoms with E-state index in [1.807, 2.05) is 72.8 Å². The molecule has 0 saturated carbocycles. The minimum absolute atomic E-state index is 0. The average molecular weight is 716 g/mol. The number of aldehydes is 2. The summed E-state index contributed by atoms with van der Waals surface area (Å²) in [6.07, 6.45) is 8.90. The van der Waals surface area contributed by atoms with Crippen LogP contribution in [0.15, 0.2) is 72.8 Å². The summed E-state index contributed by atoms with van der Waals surface area (Å²) in [6, 6.07) is 22.0. The van der Waals surface area contributed by atoms with Crippen LogP contribution in [0.1, 0.15) is 54.6 Å². The summed E-state index contributed by atoms with van der Waals surface area (Å²) in [5.74, 6) is -0.694. The van der Waals surface area contributed by atoms with E-state index in [0.29, 0.717) is 67.1 Å². The summed E-state index contributed by atoms with van der Waals surface area (Å²) in [7, 11) is 2.70. The third-order valence-electron chi connectivity index (χ3n) is 8.56. The molecule has 5 aromatic rings. The maximum absolute atomic E-state index is 12.6. The Morgan fingerprint density at radius 1 is 0.549 bits per heavy atom. The fourth-order valence-electron chi connectivity index (χ4n) is 6.02. The predicted octanol–water partition coefficient (Wildman–Crippen LogP) is 6.30. The van der Waals surface area contributed by atoms with E-state index in [2.05, 4.69) is 0 Å². The first-order valence-electron chi connectivity index (χ1n) is 15.7. The Morgan fingerprint density at radius 2 is 0.902 bits per heavy atom. The first-order chi connectivity index (χ1) is 24.4. The molecule has 2 aliphatic heterocycles. The summed E-state index contributed by atoms with van der Waals surface area (Å²) in [5, 5.41) is 0. The number of fused-ring (bicyclic) bond motifs is 8. The Balaban J connectivity index is 0.00000448. The molecule has 0 radical (unpaired) electrons. The van der Waals surface area contributed by atoms with Gasteiger partial charge in [0, 0.05) is 11.1 Å². The molecule has 10 nitrogen and oxygen atoms in total. The van der Waals surface area contributed by atoms with Gasteiger partial charge in [-0.1, -0.05) is 72.8 Å². The molecular formula is C40H28MnN4O6+. The maximum atomic E-state index is 12.6. The second-order valence-electron chi connectivity index (χ2n) is 11.6. The van der Waals surface area contributed by atoms with Gasteiger partial charge in [0.1, 0.15) is 0 Å². The first kappa shape index (κ1) is 34.7. The van der Waals surface area contributed by atoms with Crippen molar-refractivity contribution in [3.8, 4) is 22.3 Å². The molecule has 51 heavy (non-hydrogen) atoms. The molecular weight excluding hydrogens is 687 g/mol. The van der Waals surface area contributed by atoms with Crippen molar-refractivity contribution in [1.29, 1.82) is 0 Å². The minimum atomic E-state index is -0.347. The number of methoxy groups -OCH3 is 2. The molecule has 11 heteroatoms. The summed E-state index contributed by atoms with van der Waals surface area (Å²) in [6.45, 7) is 0. The van der Waals surface area contributed by atoms with Crippen LogP contribution in [0.5, 0.6) is 0 Å². The number of carbonyl (C=O) groups is 4. The molecule has 3 aromatic heterocycles. The SMILES string of the molecule is COC(=O)Cc1ccc(-c2c3nc(c(C=O)c4ccc([n-]4)c(-c4ccc(CC(=O)OC)cc4)c4nc(c(C=O)c5ccc2[n-]5)C=C4)C=C3)cc1.[Mn+3]. The Hall–Kier alpha value is -6.16. The number of aromatic nitrogens is 4. The first-order valence-corrected chi connectivity index (χ1v) is 15.7. The second kappa shape index (κ2) is 14.8. The van der Waals surface area contributed by atoms with E-state index in [0.717, 1.165) is 34.8 Å². The fraction of sp³-hybridized carbons (Fsp3) is 0.100. The van der Waals surface area contributed by atoms with E-state index in [1.54, 1.807) is 24.3 Å². The van der Waals surface area contributed by atoms with E-state index in [4.69, 9.17) is 29.4 Å². The van der Waals surface area contributed by atoms with Crippen molar-refractivity contribution in [1.82, 2.24) is 19.9 Å². The van der Waals surface area contributed by atoms with Gasteiger partial charge < -0.3 is 19.4 Å². The minimum Gasteiger partial charge on any atom is -0.657 e. The van der Waals surface area contributed by atoms with Crippen LogP contribution in [0.3, 0.4) is 0 Å². The number of ether oxygens (including phenoxy) is 2. The van der Waals surface area contributed by atoms with Gasteiger partial charge in [0.05, 0.1) is 49.8 Å². The average Bonchev–Trinajstić information content (AvgIpc) is 3.97. The normalized spacial score (nSPS) is 11.5. The molecule has 0 saturated heterocycles. The Kier molecular flexibility index (Phi) is 10.0. The Morgan fingerprint density at radius 3 is 1.25 bits per heavy atom. The van der Waals surface area contributed by atoms with Crippen LogP contribution in [-0.4, -0.2) is 48.7 Å². The molecule has 0 unspecified atom stereocenters. The predicted molar refractivity (Wildman–Crippen MR) is 190 cm³/mol. The molecule has 250 valence electrons. The molecule has 0 spiro atoms. The van der Waals surface area contributed by atoms with Crippen LogP contribution in [0.25, 0.3) is 68.6 Å². The summed E-state index contributed by atoms with van der Waals surface area (Å²) >= 11 is 0. The molecule has 0 amide bonds. The summed E-state index contributed by atoms with van der Waals surface area (Å²) in [5.41, 5.74) is 9.02. The number of hydrogen-bond donors (Lipinski definition) is 0. The number of esters is 2. The van der Waals surface area contributed by atoms with Crippen molar-refractivity contribution in [3.63, 3.8) is 0 Å².